The summed E-state index contributed by atoms with van der Waals surface area (Å²) < 4.78 is 0. The maximum atomic E-state index is 10.8. The van der Waals surface area contributed by atoms with Gasteiger partial charge in [0.15, 0.2) is 0 Å². The molecule has 110 valence electrons. The van der Waals surface area contributed by atoms with Crippen LogP contribution in [0.25, 0.3) is 0 Å². The molecule has 1 aliphatic rings. The smallest absolute Gasteiger partial charge is 0.0914 e. The maximum absolute atomic E-state index is 10.8. The molecule has 2 nitrogen and oxygen atoms in total. The van der Waals surface area contributed by atoms with E-state index in [1.165, 1.54) is 0 Å². The molecule has 2 N–H and O–H groups in total. The van der Waals surface area contributed by atoms with Crippen LogP contribution in [-0.2, 0) is 0 Å². The first kappa shape index (κ1) is 16.5. The van der Waals surface area contributed by atoms with Crippen LogP contribution in [0.1, 0.15) is 47.0 Å². The van der Waals surface area contributed by atoms with Crippen LogP contribution in [0.5, 0.6) is 0 Å². The second-order valence-corrected chi connectivity index (χ2v) is 6.73. The zero-order valence-corrected chi connectivity index (χ0v) is 12.9. The molecule has 1 aliphatic carbocycles. The summed E-state index contributed by atoms with van der Waals surface area (Å²) in [6.45, 7) is 16.0. The Bertz CT molecular complexity index is 330. The quantitative estimate of drug-likeness (QED) is 0.722. The molecule has 0 bridgehead atoms. The molecule has 0 amide bonds. The molecule has 1 rings (SSSR count). The van der Waals surface area contributed by atoms with E-state index in [0.29, 0.717) is 18.3 Å². The van der Waals surface area contributed by atoms with Crippen molar-refractivity contribution < 1.29 is 10.2 Å². The summed E-state index contributed by atoms with van der Waals surface area (Å²) in [6, 6.07) is 0. The van der Waals surface area contributed by atoms with Crippen LogP contribution in [0.15, 0.2) is 24.8 Å². The topological polar surface area (TPSA) is 40.5 Å². The van der Waals surface area contributed by atoms with Gasteiger partial charge in [-0.25, -0.2) is 0 Å². The minimum absolute atomic E-state index is 0.0926. The molecule has 0 saturated heterocycles. The molecule has 0 aliphatic heterocycles. The summed E-state index contributed by atoms with van der Waals surface area (Å²) in [5, 5.41) is 21.2. The van der Waals surface area contributed by atoms with Crippen LogP contribution in [0, 0.1) is 23.7 Å². The largest absolute Gasteiger partial charge is 0.390 e. The summed E-state index contributed by atoms with van der Waals surface area (Å²) in [7, 11) is 0. The fraction of sp³-hybridized carbons (Fsp3) is 0.765. The number of aliphatic hydroxyl groups is 2. The van der Waals surface area contributed by atoms with E-state index in [0.717, 1.165) is 18.4 Å². The van der Waals surface area contributed by atoms with Crippen molar-refractivity contribution in [1.29, 1.82) is 0 Å². The van der Waals surface area contributed by atoms with Crippen LogP contribution < -0.4 is 0 Å². The Labute approximate surface area is 118 Å². The van der Waals surface area contributed by atoms with Gasteiger partial charge in [-0.3, -0.25) is 0 Å². The van der Waals surface area contributed by atoms with E-state index in [1.54, 1.807) is 6.92 Å². The second kappa shape index (κ2) is 6.23. The van der Waals surface area contributed by atoms with Crippen LogP contribution in [0.3, 0.4) is 0 Å². The molecule has 0 aromatic carbocycles. The molecule has 0 heterocycles. The van der Waals surface area contributed by atoms with Gasteiger partial charge in [0.1, 0.15) is 0 Å². The Morgan fingerprint density at radius 2 is 2.00 bits per heavy atom. The van der Waals surface area contributed by atoms with Crippen molar-refractivity contribution in [2.75, 3.05) is 0 Å². The lowest BCUT2D eigenvalue weighted by molar-refractivity contribution is -0.107. The lowest BCUT2D eigenvalue weighted by Crippen LogP contribution is -2.48. The van der Waals surface area contributed by atoms with Crippen molar-refractivity contribution in [3.05, 3.63) is 24.8 Å². The third-order valence-corrected chi connectivity index (χ3v) is 5.02. The number of rotatable bonds is 6. The minimum Gasteiger partial charge on any atom is -0.390 e. The number of hydrogen-bond acceptors (Lipinski definition) is 2. The lowest BCUT2D eigenvalue weighted by atomic mass is 9.74. The van der Waals surface area contributed by atoms with E-state index in [9.17, 15) is 10.2 Å². The Kier molecular flexibility index (Phi) is 5.40. The molecule has 1 fully saturated rings. The Balaban J connectivity index is 2.79. The van der Waals surface area contributed by atoms with Gasteiger partial charge in [-0.1, -0.05) is 39.0 Å². The molecule has 19 heavy (non-hydrogen) atoms. The highest BCUT2D eigenvalue weighted by molar-refractivity contribution is 5.07. The van der Waals surface area contributed by atoms with Crippen LogP contribution >= 0.6 is 0 Å². The molecular formula is C17H30O2. The van der Waals surface area contributed by atoms with E-state index in [4.69, 9.17) is 0 Å². The Morgan fingerprint density at radius 1 is 1.42 bits per heavy atom. The molecule has 0 spiro atoms. The molecular weight excluding hydrogens is 236 g/mol. The highest BCUT2D eigenvalue weighted by atomic mass is 16.3. The van der Waals surface area contributed by atoms with Crippen molar-refractivity contribution in [3.63, 3.8) is 0 Å². The van der Waals surface area contributed by atoms with Gasteiger partial charge in [0.25, 0.3) is 0 Å². The molecule has 0 unspecified atom stereocenters. The summed E-state index contributed by atoms with van der Waals surface area (Å²) in [4.78, 5) is 0. The zero-order valence-electron chi connectivity index (χ0n) is 12.9. The van der Waals surface area contributed by atoms with Crippen LogP contribution in [-0.4, -0.2) is 21.9 Å². The summed E-state index contributed by atoms with van der Waals surface area (Å²) in [6.07, 6.45) is 3.71. The van der Waals surface area contributed by atoms with Crippen LogP contribution in [0.2, 0.25) is 0 Å². The SMILES string of the molecule is C=C[C@@H]1[C@H](C)CC[C@H]1[C@](C)(O)[C@@H](O)CC(=C)C(C)C. The first-order valence-corrected chi connectivity index (χ1v) is 7.42. The van der Waals surface area contributed by atoms with E-state index >= 15 is 0 Å². The van der Waals surface area contributed by atoms with Crippen molar-refractivity contribution >= 4 is 0 Å². The number of aliphatic hydroxyl groups excluding tert-OH is 1. The van der Waals surface area contributed by atoms with Crippen molar-refractivity contribution in [2.24, 2.45) is 23.7 Å². The predicted octanol–water partition coefficient (Wildman–Crippen LogP) is 3.55. The predicted molar refractivity (Wildman–Crippen MR) is 80.8 cm³/mol. The van der Waals surface area contributed by atoms with Crippen molar-refractivity contribution in [2.45, 2.75) is 58.7 Å². The van der Waals surface area contributed by atoms with E-state index in [2.05, 4.69) is 33.9 Å². The monoisotopic (exact) mass is 266 g/mol. The zero-order chi connectivity index (χ0) is 14.8. The van der Waals surface area contributed by atoms with Gasteiger partial charge in [-0.15, -0.1) is 6.58 Å². The average molecular weight is 266 g/mol. The van der Waals surface area contributed by atoms with Gasteiger partial charge in [0.2, 0.25) is 0 Å². The third-order valence-electron chi connectivity index (χ3n) is 5.02. The lowest BCUT2D eigenvalue weighted by Gasteiger charge is -2.38. The molecule has 0 radical (unpaired) electrons. The average Bonchev–Trinajstić information content (AvgIpc) is 2.70. The summed E-state index contributed by atoms with van der Waals surface area (Å²) in [5.41, 5.74) is -0.0736. The Hall–Kier alpha value is -0.600. The van der Waals surface area contributed by atoms with Gasteiger partial charge in [-0.05, 0) is 49.9 Å². The normalized spacial score (nSPS) is 32.1. The van der Waals surface area contributed by atoms with Crippen LogP contribution in [0.4, 0.5) is 0 Å². The molecule has 0 aromatic rings. The van der Waals surface area contributed by atoms with Crippen molar-refractivity contribution in [1.82, 2.24) is 0 Å². The van der Waals surface area contributed by atoms with Gasteiger partial charge in [-0.2, -0.15) is 0 Å². The molecule has 5 atom stereocenters. The van der Waals surface area contributed by atoms with Crippen molar-refractivity contribution in [3.8, 4) is 0 Å². The Morgan fingerprint density at radius 3 is 2.47 bits per heavy atom. The molecule has 0 aromatic heterocycles. The number of hydrogen-bond donors (Lipinski definition) is 2. The fourth-order valence-corrected chi connectivity index (χ4v) is 3.24. The summed E-state index contributed by atoms with van der Waals surface area (Å²) >= 11 is 0. The van der Waals surface area contributed by atoms with E-state index < -0.39 is 11.7 Å². The van der Waals surface area contributed by atoms with E-state index in [1.807, 2.05) is 6.08 Å². The van der Waals surface area contributed by atoms with E-state index in [-0.39, 0.29) is 11.8 Å². The minimum atomic E-state index is -1.07. The maximum Gasteiger partial charge on any atom is 0.0914 e. The third kappa shape index (κ3) is 3.49. The standard InChI is InChI=1S/C17H30O2/c1-7-14-12(4)8-9-15(14)17(6,19)16(18)10-13(5)11(2)3/h7,11-12,14-16,18-19H,1,5,8-10H2,2-4,6H3/t12-,14-,15-,16+,17+/m1/s1. The first-order chi connectivity index (χ1) is 8.71. The fourth-order valence-electron chi connectivity index (χ4n) is 3.24. The highest BCUT2D eigenvalue weighted by Crippen LogP contribution is 2.45. The van der Waals surface area contributed by atoms with Gasteiger partial charge in [0.05, 0.1) is 11.7 Å². The molecule has 2 heteroatoms. The molecule has 1 saturated carbocycles. The van der Waals surface area contributed by atoms with Gasteiger partial charge < -0.3 is 10.2 Å². The first-order valence-electron chi connectivity index (χ1n) is 7.42. The number of allylic oxidation sites excluding steroid dienone is 1. The van der Waals surface area contributed by atoms with Gasteiger partial charge >= 0.3 is 0 Å². The second-order valence-electron chi connectivity index (χ2n) is 6.73. The summed E-state index contributed by atoms with van der Waals surface area (Å²) in [5.74, 6) is 1.25. The van der Waals surface area contributed by atoms with Gasteiger partial charge in [0, 0.05) is 0 Å². The highest BCUT2D eigenvalue weighted by Gasteiger charge is 2.46.